The molecule has 0 aliphatic heterocycles. The van der Waals surface area contributed by atoms with Crippen molar-refractivity contribution in [2.45, 2.75) is 12.5 Å². The highest BCUT2D eigenvalue weighted by atomic mass is 16.5. The molecule has 1 atom stereocenters. The highest BCUT2D eigenvalue weighted by Gasteiger charge is 2.22. The van der Waals surface area contributed by atoms with Gasteiger partial charge in [-0.3, -0.25) is 4.79 Å². The molecule has 2 aromatic carbocycles. The standard InChI is InChI=1S/C23H21N3O3/c1-29-23(28)21(12-16-14-25-20-9-5-3-7-18(16)20)26-22(27)11-10-15-13-24-19-8-4-2-6-17(15)19/h2-11,13-14,21,24-25H,12H2,1H3,(H,26,27)/b11-10+/t21-/m0/s1. The van der Waals surface area contributed by atoms with Crippen LogP contribution in [0.5, 0.6) is 0 Å². The number of methoxy groups -OCH3 is 1. The Morgan fingerprint density at radius 3 is 2.41 bits per heavy atom. The van der Waals surface area contributed by atoms with Crippen LogP contribution >= 0.6 is 0 Å². The van der Waals surface area contributed by atoms with Crippen LogP contribution in [-0.4, -0.2) is 35.0 Å². The molecule has 2 aromatic heterocycles. The van der Waals surface area contributed by atoms with Gasteiger partial charge in [0.15, 0.2) is 0 Å². The molecule has 0 aliphatic rings. The average Bonchev–Trinajstić information content (AvgIpc) is 3.35. The molecule has 4 rings (SSSR count). The minimum absolute atomic E-state index is 0.337. The van der Waals surface area contributed by atoms with Gasteiger partial charge in [-0.25, -0.2) is 4.79 Å². The smallest absolute Gasteiger partial charge is 0.328 e. The Hall–Kier alpha value is -3.80. The zero-order valence-corrected chi connectivity index (χ0v) is 15.9. The van der Waals surface area contributed by atoms with Crippen LogP contribution in [0.1, 0.15) is 11.1 Å². The minimum Gasteiger partial charge on any atom is -0.467 e. The predicted molar refractivity (Wildman–Crippen MR) is 113 cm³/mol. The summed E-state index contributed by atoms with van der Waals surface area (Å²) in [5.74, 6) is -0.838. The van der Waals surface area contributed by atoms with Gasteiger partial charge in [0, 0.05) is 46.7 Å². The van der Waals surface area contributed by atoms with Crippen LogP contribution in [0.3, 0.4) is 0 Å². The van der Waals surface area contributed by atoms with Gasteiger partial charge in [-0.1, -0.05) is 36.4 Å². The van der Waals surface area contributed by atoms with E-state index in [9.17, 15) is 9.59 Å². The van der Waals surface area contributed by atoms with E-state index in [0.717, 1.165) is 32.9 Å². The first kappa shape index (κ1) is 18.6. The van der Waals surface area contributed by atoms with Gasteiger partial charge < -0.3 is 20.0 Å². The fourth-order valence-corrected chi connectivity index (χ4v) is 3.47. The Balaban J connectivity index is 1.50. The molecule has 1 amide bonds. The van der Waals surface area contributed by atoms with E-state index in [0.29, 0.717) is 6.42 Å². The average molecular weight is 387 g/mol. The monoisotopic (exact) mass is 387 g/mol. The largest absolute Gasteiger partial charge is 0.467 e. The van der Waals surface area contributed by atoms with Crippen LogP contribution in [0.25, 0.3) is 27.9 Å². The third-order valence-electron chi connectivity index (χ3n) is 4.94. The van der Waals surface area contributed by atoms with E-state index in [1.165, 1.54) is 13.2 Å². The molecule has 0 aliphatic carbocycles. The molecule has 146 valence electrons. The summed E-state index contributed by atoms with van der Waals surface area (Å²) in [6.07, 6.45) is 7.20. The van der Waals surface area contributed by atoms with Gasteiger partial charge >= 0.3 is 5.97 Å². The lowest BCUT2D eigenvalue weighted by atomic mass is 10.0. The zero-order valence-electron chi connectivity index (χ0n) is 15.9. The van der Waals surface area contributed by atoms with Crippen LogP contribution in [0.4, 0.5) is 0 Å². The predicted octanol–water partition coefficient (Wildman–Crippen LogP) is 3.56. The van der Waals surface area contributed by atoms with E-state index in [1.807, 2.05) is 60.9 Å². The summed E-state index contributed by atoms with van der Waals surface area (Å²) in [4.78, 5) is 31.1. The number of nitrogens with one attached hydrogen (secondary N) is 3. The second-order valence-corrected chi connectivity index (χ2v) is 6.77. The maximum Gasteiger partial charge on any atom is 0.328 e. The summed E-state index contributed by atoms with van der Waals surface area (Å²) >= 11 is 0. The van der Waals surface area contributed by atoms with Crippen molar-refractivity contribution in [2.24, 2.45) is 0 Å². The summed E-state index contributed by atoms with van der Waals surface area (Å²) in [7, 11) is 1.32. The molecule has 0 saturated heterocycles. The van der Waals surface area contributed by atoms with Crippen molar-refractivity contribution in [3.05, 3.63) is 78.1 Å². The summed E-state index contributed by atoms with van der Waals surface area (Å²) in [6, 6.07) is 14.9. The second kappa shape index (κ2) is 8.06. The van der Waals surface area contributed by atoms with Crippen LogP contribution in [0.2, 0.25) is 0 Å². The van der Waals surface area contributed by atoms with Gasteiger partial charge in [-0.2, -0.15) is 0 Å². The van der Waals surface area contributed by atoms with E-state index in [1.54, 1.807) is 6.08 Å². The van der Waals surface area contributed by atoms with Crippen LogP contribution < -0.4 is 5.32 Å². The fourth-order valence-electron chi connectivity index (χ4n) is 3.47. The van der Waals surface area contributed by atoms with E-state index in [-0.39, 0.29) is 5.91 Å². The van der Waals surface area contributed by atoms with Crippen molar-refractivity contribution < 1.29 is 14.3 Å². The van der Waals surface area contributed by atoms with Crippen molar-refractivity contribution in [1.29, 1.82) is 0 Å². The van der Waals surface area contributed by atoms with Crippen molar-refractivity contribution in [3.8, 4) is 0 Å². The van der Waals surface area contributed by atoms with E-state index >= 15 is 0 Å². The first-order chi connectivity index (χ1) is 14.2. The Labute approximate surface area is 167 Å². The third-order valence-corrected chi connectivity index (χ3v) is 4.94. The number of rotatable bonds is 6. The lowest BCUT2D eigenvalue weighted by Gasteiger charge is -2.15. The first-order valence-electron chi connectivity index (χ1n) is 9.33. The van der Waals surface area contributed by atoms with Crippen LogP contribution in [0, 0.1) is 0 Å². The van der Waals surface area contributed by atoms with Crippen LogP contribution in [-0.2, 0) is 20.7 Å². The molecule has 4 aromatic rings. The van der Waals surface area contributed by atoms with Gasteiger partial charge in [0.1, 0.15) is 6.04 Å². The maximum atomic E-state index is 12.5. The molecule has 0 spiro atoms. The number of hydrogen-bond donors (Lipinski definition) is 3. The van der Waals surface area contributed by atoms with Crippen molar-refractivity contribution in [1.82, 2.24) is 15.3 Å². The van der Waals surface area contributed by atoms with E-state index < -0.39 is 12.0 Å². The SMILES string of the molecule is COC(=O)[C@H](Cc1c[nH]c2ccccc12)NC(=O)/C=C/c1c[nH]c2ccccc12. The van der Waals surface area contributed by atoms with Gasteiger partial charge in [0.25, 0.3) is 0 Å². The molecule has 0 saturated carbocycles. The number of benzene rings is 2. The summed E-state index contributed by atoms with van der Waals surface area (Å²) < 4.78 is 4.89. The molecule has 2 heterocycles. The molecule has 6 nitrogen and oxygen atoms in total. The fraction of sp³-hybridized carbons (Fsp3) is 0.130. The number of esters is 1. The van der Waals surface area contributed by atoms with Crippen LogP contribution in [0.15, 0.2) is 67.0 Å². The normalized spacial score (nSPS) is 12.4. The van der Waals surface area contributed by atoms with Gasteiger partial charge in [0.05, 0.1) is 7.11 Å². The number of ether oxygens (including phenoxy) is 1. The number of amides is 1. The minimum atomic E-state index is -0.778. The van der Waals surface area contributed by atoms with E-state index in [2.05, 4.69) is 15.3 Å². The highest BCUT2D eigenvalue weighted by Crippen LogP contribution is 2.20. The molecule has 6 heteroatoms. The number of carbonyl (C=O) groups is 2. The molecular formula is C23H21N3O3. The quantitative estimate of drug-likeness (QED) is 0.349. The topological polar surface area (TPSA) is 87.0 Å². The maximum absolute atomic E-state index is 12.5. The summed E-state index contributed by atoms with van der Waals surface area (Å²) in [5.41, 5.74) is 3.83. The number of fused-ring (bicyclic) bond motifs is 2. The number of H-pyrrole nitrogens is 2. The number of carbonyl (C=O) groups excluding carboxylic acids is 2. The highest BCUT2D eigenvalue weighted by molar-refractivity contribution is 5.98. The first-order valence-corrected chi connectivity index (χ1v) is 9.33. The van der Waals surface area contributed by atoms with Gasteiger partial charge in [-0.05, 0) is 29.3 Å². The van der Waals surface area contributed by atoms with Crippen molar-refractivity contribution in [3.63, 3.8) is 0 Å². The molecule has 3 N–H and O–H groups in total. The Kier molecular flexibility index (Phi) is 5.16. The lowest BCUT2D eigenvalue weighted by Crippen LogP contribution is -2.42. The molecule has 29 heavy (non-hydrogen) atoms. The van der Waals surface area contributed by atoms with Crippen molar-refractivity contribution >= 4 is 39.8 Å². The molecule has 0 radical (unpaired) electrons. The van der Waals surface area contributed by atoms with Gasteiger partial charge in [0.2, 0.25) is 5.91 Å². The van der Waals surface area contributed by atoms with Gasteiger partial charge in [-0.15, -0.1) is 0 Å². The number of hydrogen-bond acceptors (Lipinski definition) is 3. The number of aromatic amines is 2. The third kappa shape index (κ3) is 3.91. The van der Waals surface area contributed by atoms with Crippen molar-refractivity contribution in [2.75, 3.05) is 7.11 Å². The molecule has 0 fully saturated rings. The molecular weight excluding hydrogens is 366 g/mol. The zero-order chi connectivity index (χ0) is 20.2. The second-order valence-electron chi connectivity index (χ2n) is 6.77. The van der Waals surface area contributed by atoms with E-state index in [4.69, 9.17) is 4.74 Å². The Bertz CT molecular complexity index is 1200. The molecule has 0 bridgehead atoms. The Morgan fingerprint density at radius 2 is 1.66 bits per heavy atom. The molecule has 0 unspecified atom stereocenters. The Morgan fingerprint density at radius 1 is 1.00 bits per heavy atom. The number of para-hydroxylation sites is 2. The lowest BCUT2D eigenvalue weighted by molar-refractivity contribution is -0.144. The number of aromatic nitrogens is 2. The summed E-state index contributed by atoms with van der Waals surface area (Å²) in [5, 5.41) is 4.80. The summed E-state index contributed by atoms with van der Waals surface area (Å²) in [6.45, 7) is 0.